The summed E-state index contributed by atoms with van der Waals surface area (Å²) in [6.45, 7) is 8.92. The Morgan fingerprint density at radius 3 is 2.95 bits per heavy atom. The van der Waals surface area contributed by atoms with E-state index < -0.39 is 0 Å². The molecule has 1 aliphatic carbocycles. The molecular weight excluding hydrogens is 274 g/mol. The maximum Gasteiger partial charge on any atom is 0.0639 e. The van der Waals surface area contributed by atoms with E-state index in [4.69, 9.17) is 4.74 Å². The molecule has 124 valence electrons. The maximum absolute atomic E-state index is 5.82. The lowest BCUT2D eigenvalue weighted by atomic mass is 9.76. The second-order valence-corrected chi connectivity index (χ2v) is 7.27. The van der Waals surface area contributed by atoms with Crippen LogP contribution in [-0.4, -0.2) is 41.0 Å². The van der Waals surface area contributed by atoms with E-state index in [1.54, 1.807) is 0 Å². The van der Waals surface area contributed by atoms with E-state index in [1.165, 1.54) is 56.5 Å². The fraction of sp³-hybridized carbons (Fsp3) is 0.833. The number of aryl methyl sites for hydroxylation is 1. The van der Waals surface area contributed by atoms with E-state index in [0.29, 0.717) is 11.5 Å². The Hall–Kier alpha value is -0.870. The molecule has 0 unspecified atom stereocenters. The van der Waals surface area contributed by atoms with Crippen LogP contribution in [0.1, 0.15) is 56.7 Å². The Kier molecular flexibility index (Phi) is 4.88. The van der Waals surface area contributed by atoms with Gasteiger partial charge in [-0.15, -0.1) is 0 Å². The van der Waals surface area contributed by atoms with E-state index in [-0.39, 0.29) is 0 Å². The van der Waals surface area contributed by atoms with Crippen molar-refractivity contribution in [2.75, 3.05) is 20.2 Å². The highest BCUT2D eigenvalue weighted by atomic mass is 16.5. The Morgan fingerprint density at radius 2 is 2.18 bits per heavy atom. The molecule has 0 N–H and O–H groups in total. The highest BCUT2D eigenvalue weighted by Gasteiger charge is 2.45. The Morgan fingerprint density at radius 1 is 1.36 bits per heavy atom. The first kappa shape index (κ1) is 16.0. The summed E-state index contributed by atoms with van der Waals surface area (Å²) in [5, 5.41) is 4.56. The fourth-order valence-corrected chi connectivity index (χ4v) is 4.65. The zero-order valence-corrected chi connectivity index (χ0v) is 14.5. The molecule has 1 spiro atoms. The largest absolute Gasteiger partial charge is 0.381 e. The molecule has 3 rings (SSSR count). The monoisotopic (exact) mass is 305 g/mol. The molecule has 1 aromatic heterocycles. The molecule has 0 bridgehead atoms. The molecular formula is C18H31N3O. The van der Waals surface area contributed by atoms with Gasteiger partial charge in [0.05, 0.1) is 12.3 Å². The lowest BCUT2D eigenvalue weighted by Gasteiger charge is -2.43. The average molecular weight is 305 g/mol. The van der Waals surface area contributed by atoms with Crippen LogP contribution in [0.5, 0.6) is 0 Å². The summed E-state index contributed by atoms with van der Waals surface area (Å²) in [5.41, 5.74) is 3.16. The van der Waals surface area contributed by atoms with E-state index in [9.17, 15) is 0 Å². The van der Waals surface area contributed by atoms with Gasteiger partial charge in [0.2, 0.25) is 0 Å². The molecule has 1 aromatic rings. The number of piperidine rings is 1. The summed E-state index contributed by atoms with van der Waals surface area (Å²) in [5.74, 6) is 0. The van der Waals surface area contributed by atoms with Crippen LogP contribution in [0, 0.1) is 12.3 Å². The zero-order valence-electron chi connectivity index (χ0n) is 14.5. The molecule has 0 amide bonds. The van der Waals surface area contributed by atoms with Gasteiger partial charge in [-0.05, 0) is 45.6 Å². The number of rotatable bonds is 5. The summed E-state index contributed by atoms with van der Waals surface area (Å²) < 4.78 is 7.97. The zero-order chi connectivity index (χ0) is 15.6. The van der Waals surface area contributed by atoms with Crippen LogP contribution in [0.3, 0.4) is 0 Å². The molecule has 2 atom stereocenters. The minimum atomic E-state index is 0.417. The van der Waals surface area contributed by atoms with Gasteiger partial charge >= 0.3 is 0 Å². The van der Waals surface area contributed by atoms with Gasteiger partial charge < -0.3 is 4.74 Å². The molecule has 2 aliphatic rings. The van der Waals surface area contributed by atoms with Crippen LogP contribution < -0.4 is 0 Å². The van der Waals surface area contributed by atoms with Crippen LogP contribution in [0.2, 0.25) is 0 Å². The second-order valence-electron chi connectivity index (χ2n) is 7.27. The highest BCUT2D eigenvalue weighted by Crippen LogP contribution is 2.46. The molecule has 4 heteroatoms. The van der Waals surface area contributed by atoms with E-state index in [2.05, 4.69) is 34.7 Å². The van der Waals surface area contributed by atoms with Crippen molar-refractivity contribution in [3.05, 3.63) is 17.5 Å². The van der Waals surface area contributed by atoms with E-state index in [1.807, 2.05) is 7.11 Å². The quantitative estimate of drug-likeness (QED) is 0.835. The van der Waals surface area contributed by atoms with Crippen molar-refractivity contribution >= 4 is 0 Å². The standard InChI is InChI=1S/C18H31N3O/c1-4-10-21-15(2)16(12-19-21)13-20-11-6-9-18(14-20)8-5-7-17(18)22-3/h12,17H,4-11,13-14H2,1-3H3/t17-,18+/m1/s1. The third kappa shape index (κ3) is 2.95. The number of ether oxygens (including phenoxy) is 1. The van der Waals surface area contributed by atoms with Gasteiger partial charge in [-0.2, -0.15) is 5.10 Å². The lowest BCUT2D eigenvalue weighted by Crippen LogP contribution is -2.47. The number of aromatic nitrogens is 2. The van der Waals surface area contributed by atoms with Crippen molar-refractivity contribution in [1.29, 1.82) is 0 Å². The minimum Gasteiger partial charge on any atom is -0.381 e. The SMILES string of the molecule is CCCn1ncc(CN2CCC[C@@]3(CCC[C@H]3OC)C2)c1C. The molecule has 2 fully saturated rings. The molecule has 1 saturated heterocycles. The Labute approximate surface area is 134 Å². The van der Waals surface area contributed by atoms with Gasteiger partial charge in [-0.3, -0.25) is 9.58 Å². The Balaban J connectivity index is 1.68. The highest BCUT2D eigenvalue weighted by molar-refractivity contribution is 5.16. The van der Waals surface area contributed by atoms with Crippen molar-refractivity contribution in [3.8, 4) is 0 Å². The van der Waals surface area contributed by atoms with Gasteiger partial charge in [0.15, 0.2) is 0 Å². The van der Waals surface area contributed by atoms with Crippen LogP contribution in [0.4, 0.5) is 0 Å². The van der Waals surface area contributed by atoms with Crippen LogP contribution in [0.25, 0.3) is 0 Å². The first-order valence-electron chi connectivity index (χ1n) is 8.95. The summed E-state index contributed by atoms with van der Waals surface area (Å²) in [6.07, 6.45) is 10.3. The summed E-state index contributed by atoms with van der Waals surface area (Å²) in [7, 11) is 1.90. The number of nitrogens with zero attached hydrogens (tertiary/aromatic N) is 3. The molecule has 2 heterocycles. The van der Waals surface area contributed by atoms with Gasteiger partial charge in [-0.25, -0.2) is 0 Å². The van der Waals surface area contributed by atoms with Crippen molar-refractivity contribution in [1.82, 2.24) is 14.7 Å². The third-order valence-electron chi connectivity index (χ3n) is 5.83. The van der Waals surface area contributed by atoms with Gasteiger partial charge in [0.25, 0.3) is 0 Å². The molecule has 0 radical (unpaired) electrons. The van der Waals surface area contributed by atoms with Gasteiger partial charge in [0, 0.05) is 43.4 Å². The fourth-order valence-electron chi connectivity index (χ4n) is 4.65. The van der Waals surface area contributed by atoms with Crippen molar-refractivity contribution in [2.45, 2.75) is 71.6 Å². The summed E-state index contributed by atoms with van der Waals surface area (Å²) in [4.78, 5) is 2.64. The molecule has 1 saturated carbocycles. The third-order valence-corrected chi connectivity index (χ3v) is 5.83. The normalized spacial score (nSPS) is 29.5. The van der Waals surface area contributed by atoms with Crippen molar-refractivity contribution < 1.29 is 4.74 Å². The maximum atomic E-state index is 5.82. The van der Waals surface area contributed by atoms with Crippen LogP contribution in [-0.2, 0) is 17.8 Å². The molecule has 4 nitrogen and oxygen atoms in total. The molecule has 1 aliphatic heterocycles. The Bertz CT molecular complexity index is 499. The lowest BCUT2D eigenvalue weighted by molar-refractivity contribution is -0.0366. The smallest absolute Gasteiger partial charge is 0.0639 e. The first-order chi connectivity index (χ1) is 10.7. The number of methoxy groups -OCH3 is 1. The van der Waals surface area contributed by atoms with Crippen molar-refractivity contribution in [3.63, 3.8) is 0 Å². The number of likely N-dealkylation sites (tertiary alicyclic amines) is 1. The second kappa shape index (κ2) is 6.71. The van der Waals surface area contributed by atoms with E-state index in [0.717, 1.165) is 19.5 Å². The van der Waals surface area contributed by atoms with Crippen LogP contribution in [0.15, 0.2) is 6.20 Å². The predicted molar refractivity (Wildman–Crippen MR) is 88.8 cm³/mol. The topological polar surface area (TPSA) is 30.3 Å². The predicted octanol–water partition coefficient (Wildman–Crippen LogP) is 3.38. The number of hydrogen-bond acceptors (Lipinski definition) is 3. The summed E-state index contributed by atoms with van der Waals surface area (Å²) >= 11 is 0. The first-order valence-corrected chi connectivity index (χ1v) is 8.95. The van der Waals surface area contributed by atoms with Crippen molar-refractivity contribution in [2.24, 2.45) is 5.41 Å². The number of hydrogen-bond donors (Lipinski definition) is 0. The average Bonchev–Trinajstić information content (AvgIpc) is 3.06. The summed E-state index contributed by atoms with van der Waals surface area (Å²) in [6, 6.07) is 0. The molecule has 0 aromatic carbocycles. The van der Waals surface area contributed by atoms with Crippen LogP contribution >= 0.6 is 0 Å². The van der Waals surface area contributed by atoms with Gasteiger partial charge in [0.1, 0.15) is 0 Å². The van der Waals surface area contributed by atoms with Gasteiger partial charge in [-0.1, -0.05) is 13.3 Å². The minimum absolute atomic E-state index is 0.417. The molecule has 22 heavy (non-hydrogen) atoms. The van der Waals surface area contributed by atoms with E-state index >= 15 is 0 Å².